The van der Waals surface area contributed by atoms with Gasteiger partial charge in [0.25, 0.3) is 0 Å². The van der Waals surface area contributed by atoms with Crippen LogP contribution in [-0.4, -0.2) is 60.6 Å². The number of nitrogens with one attached hydrogen (secondary N) is 2. The summed E-state index contributed by atoms with van der Waals surface area (Å²) in [6.45, 7) is 4.57. The van der Waals surface area contributed by atoms with E-state index in [0.29, 0.717) is 0 Å². The summed E-state index contributed by atoms with van der Waals surface area (Å²) >= 11 is 6.15. The van der Waals surface area contributed by atoms with E-state index in [4.69, 9.17) is 11.6 Å². The quantitative estimate of drug-likeness (QED) is 0.525. The van der Waals surface area contributed by atoms with Crippen LogP contribution in [0.1, 0.15) is 5.56 Å². The van der Waals surface area contributed by atoms with Gasteiger partial charge in [-0.2, -0.15) is 0 Å². The van der Waals surface area contributed by atoms with Crippen molar-refractivity contribution in [1.29, 1.82) is 0 Å². The van der Waals surface area contributed by atoms with Gasteiger partial charge in [0.05, 0.1) is 0 Å². The zero-order chi connectivity index (χ0) is 19.3. The van der Waals surface area contributed by atoms with Gasteiger partial charge in [0, 0.05) is 68.1 Å². The van der Waals surface area contributed by atoms with Crippen molar-refractivity contribution >= 4 is 34.3 Å². The number of guanidine groups is 1. The van der Waals surface area contributed by atoms with Crippen molar-refractivity contribution in [3.05, 3.63) is 59.4 Å². The van der Waals surface area contributed by atoms with Crippen LogP contribution < -0.4 is 10.2 Å². The number of aromatic nitrogens is 2. The minimum absolute atomic E-state index is 0.767. The van der Waals surface area contributed by atoms with Gasteiger partial charge in [-0.3, -0.25) is 4.99 Å². The highest BCUT2D eigenvalue weighted by molar-refractivity contribution is 6.31. The average Bonchev–Trinajstić information content (AvgIpc) is 3.14. The van der Waals surface area contributed by atoms with Crippen LogP contribution in [0.4, 0.5) is 5.82 Å². The van der Waals surface area contributed by atoms with E-state index in [-0.39, 0.29) is 0 Å². The maximum Gasteiger partial charge on any atom is 0.193 e. The zero-order valence-corrected chi connectivity index (χ0v) is 16.8. The second kappa shape index (κ2) is 8.52. The molecule has 2 aromatic heterocycles. The number of aliphatic imine (C=N–C) groups is 1. The highest BCUT2D eigenvalue weighted by atomic mass is 35.5. The van der Waals surface area contributed by atoms with Gasteiger partial charge in [0.2, 0.25) is 0 Å². The summed E-state index contributed by atoms with van der Waals surface area (Å²) in [6, 6.07) is 12.0. The number of hydrogen-bond acceptors (Lipinski definition) is 3. The first kappa shape index (κ1) is 18.6. The molecule has 0 bridgehead atoms. The monoisotopic (exact) mass is 396 g/mol. The minimum Gasteiger partial charge on any atom is -0.361 e. The number of fused-ring (bicyclic) bond motifs is 1. The van der Waals surface area contributed by atoms with E-state index in [2.05, 4.69) is 42.3 Å². The number of pyridine rings is 1. The predicted molar refractivity (Wildman–Crippen MR) is 116 cm³/mol. The third-order valence-corrected chi connectivity index (χ3v) is 5.41. The topological polar surface area (TPSA) is 59.6 Å². The fraction of sp³-hybridized carbons (Fsp3) is 0.333. The summed E-state index contributed by atoms with van der Waals surface area (Å²) < 4.78 is 0. The van der Waals surface area contributed by atoms with Crippen molar-refractivity contribution < 1.29 is 0 Å². The van der Waals surface area contributed by atoms with Crippen LogP contribution in [0.5, 0.6) is 0 Å². The Bertz CT molecular complexity index is 944. The fourth-order valence-corrected chi connectivity index (χ4v) is 3.86. The number of H-pyrrole nitrogens is 1. The van der Waals surface area contributed by atoms with Gasteiger partial charge in [0.1, 0.15) is 5.82 Å². The van der Waals surface area contributed by atoms with E-state index in [1.807, 2.05) is 43.6 Å². The molecule has 3 aromatic rings. The molecule has 28 heavy (non-hydrogen) atoms. The summed E-state index contributed by atoms with van der Waals surface area (Å²) in [6.07, 6.45) is 4.82. The average molecular weight is 397 g/mol. The first-order valence-electron chi connectivity index (χ1n) is 9.61. The molecule has 0 amide bonds. The molecule has 1 aromatic carbocycles. The SMILES string of the molecule is CN=C(NCCc1c[nH]c2ccc(Cl)cc12)N1CCN(c2ccccn2)CC1. The number of hydrogen-bond donors (Lipinski definition) is 2. The standard InChI is InChI=1S/C21H25ClN6/c1-23-21(28-12-10-27(11-13-28)20-4-2-3-8-24-20)25-9-7-16-15-26-19-6-5-17(22)14-18(16)19/h2-6,8,14-15,26H,7,9-13H2,1H3,(H,23,25). The summed E-state index contributed by atoms with van der Waals surface area (Å²) in [5, 5.41) is 5.46. The van der Waals surface area contributed by atoms with Crippen LogP contribution in [0.2, 0.25) is 5.02 Å². The predicted octanol–water partition coefficient (Wildman–Crippen LogP) is 3.16. The Balaban J connectivity index is 1.31. The Hall–Kier alpha value is -2.73. The van der Waals surface area contributed by atoms with Gasteiger partial charge in [-0.25, -0.2) is 4.98 Å². The lowest BCUT2D eigenvalue weighted by molar-refractivity contribution is 0.372. The normalized spacial score (nSPS) is 15.3. The zero-order valence-electron chi connectivity index (χ0n) is 16.0. The lowest BCUT2D eigenvalue weighted by Crippen LogP contribution is -2.53. The Morgan fingerprint density at radius 3 is 2.82 bits per heavy atom. The molecule has 2 N–H and O–H groups in total. The third-order valence-electron chi connectivity index (χ3n) is 5.17. The first-order valence-corrected chi connectivity index (χ1v) is 9.99. The highest BCUT2D eigenvalue weighted by Gasteiger charge is 2.20. The first-order chi connectivity index (χ1) is 13.7. The molecule has 1 fully saturated rings. The lowest BCUT2D eigenvalue weighted by atomic mass is 10.1. The molecule has 0 saturated carbocycles. The molecule has 0 radical (unpaired) electrons. The van der Waals surface area contributed by atoms with Gasteiger partial charge in [-0.15, -0.1) is 0 Å². The Morgan fingerprint density at radius 1 is 1.21 bits per heavy atom. The minimum atomic E-state index is 0.767. The summed E-state index contributed by atoms with van der Waals surface area (Å²) in [4.78, 5) is 16.9. The third kappa shape index (κ3) is 4.07. The van der Waals surface area contributed by atoms with Crippen LogP contribution in [0.15, 0.2) is 53.8 Å². The molecule has 1 aliphatic rings. The molecular formula is C21H25ClN6. The highest BCUT2D eigenvalue weighted by Crippen LogP contribution is 2.22. The molecule has 1 saturated heterocycles. The Morgan fingerprint density at radius 2 is 2.07 bits per heavy atom. The van der Waals surface area contributed by atoms with Gasteiger partial charge in [-0.05, 0) is 42.3 Å². The molecule has 4 rings (SSSR count). The molecule has 3 heterocycles. The number of halogens is 1. The van der Waals surface area contributed by atoms with Crippen LogP contribution in [0, 0.1) is 0 Å². The number of rotatable bonds is 4. The Kier molecular flexibility index (Phi) is 5.67. The summed E-state index contributed by atoms with van der Waals surface area (Å²) in [5.74, 6) is 2.00. The van der Waals surface area contributed by atoms with Crippen molar-refractivity contribution in [2.45, 2.75) is 6.42 Å². The van der Waals surface area contributed by atoms with Crippen molar-refractivity contribution in [3.63, 3.8) is 0 Å². The number of piperazine rings is 1. The van der Waals surface area contributed by atoms with Gasteiger partial charge >= 0.3 is 0 Å². The lowest BCUT2D eigenvalue weighted by Gasteiger charge is -2.37. The molecule has 6 nitrogen and oxygen atoms in total. The molecule has 146 valence electrons. The molecule has 0 aliphatic carbocycles. The van der Waals surface area contributed by atoms with Crippen LogP contribution in [0.3, 0.4) is 0 Å². The number of anilines is 1. The van der Waals surface area contributed by atoms with E-state index < -0.39 is 0 Å². The van der Waals surface area contributed by atoms with E-state index in [9.17, 15) is 0 Å². The number of aromatic amines is 1. The van der Waals surface area contributed by atoms with Crippen molar-refractivity contribution in [3.8, 4) is 0 Å². The molecule has 7 heteroatoms. The summed E-state index contributed by atoms with van der Waals surface area (Å²) in [7, 11) is 1.85. The van der Waals surface area contributed by atoms with Crippen LogP contribution in [-0.2, 0) is 6.42 Å². The molecule has 0 spiro atoms. The smallest absolute Gasteiger partial charge is 0.193 e. The van der Waals surface area contributed by atoms with E-state index >= 15 is 0 Å². The maximum atomic E-state index is 6.15. The van der Waals surface area contributed by atoms with Crippen LogP contribution >= 0.6 is 11.6 Å². The largest absolute Gasteiger partial charge is 0.361 e. The van der Waals surface area contributed by atoms with Crippen molar-refractivity contribution in [2.24, 2.45) is 4.99 Å². The Labute approximate surface area is 170 Å². The molecular weight excluding hydrogens is 372 g/mol. The number of benzene rings is 1. The van der Waals surface area contributed by atoms with Gasteiger partial charge in [0.15, 0.2) is 5.96 Å². The summed E-state index contributed by atoms with van der Waals surface area (Å²) in [5.41, 5.74) is 2.38. The van der Waals surface area contributed by atoms with Crippen molar-refractivity contribution in [1.82, 2.24) is 20.2 Å². The molecule has 1 aliphatic heterocycles. The second-order valence-corrected chi connectivity index (χ2v) is 7.33. The van der Waals surface area contributed by atoms with Gasteiger partial charge < -0.3 is 20.1 Å². The second-order valence-electron chi connectivity index (χ2n) is 6.89. The maximum absolute atomic E-state index is 6.15. The van der Waals surface area contributed by atoms with Gasteiger partial charge in [-0.1, -0.05) is 17.7 Å². The van der Waals surface area contributed by atoms with Crippen molar-refractivity contribution in [2.75, 3.05) is 44.7 Å². The number of nitrogens with zero attached hydrogens (tertiary/aromatic N) is 4. The molecule has 0 atom stereocenters. The van der Waals surface area contributed by atoms with E-state index in [1.165, 1.54) is 10.9 Å². The van der Waals surface area contributed by atoms with E-state index in [1.54, 1.807) is 0 Å². The van der Waals surface area contributed by atoms with E-state index in [0.717, 1.165) is 61.5 Å². The molecule has 0 unspecified atom stereocenters. The van der Waals surface area contributed by atoms with Crippen LogP contribution in [0.25, 0.3) is 10.9 Å². The fourth-order valence-electron chi connectivity index (χ4n) is 3.69.